The highest BCUT2D eigenvalue weighted by atomic mass is 17.2. The molecule has 2 aromatic carbocycles. The molecule has 178 valence electrons. The standard InChI is InChI=1S/C30H46O2/c1-19-15-25(23(29(9,10)11)17-21(19)27(3,4)5)31-32-26-16-20(2)22(28(6,7)8)18-24(26)30(12,13)14/h15-18H,1-14H3. The van der Waals surface area contributed by atoms with Gasteiger partial charge in [0, 0.05) is 11.1 Å². The second-order valence-corrected chi connectivity index (χ2v) is 13.5. The molecule has 0 heterocycles. The van der Waals surface area contributed by atoms with Crippen LogP contribution in [0.15, 0.2) is 24.3 Å². The van der Waals surface area contributed by atoms with Gasteiger partial charge in [-0.05, 0) is 69.9 Å². The zero-order chi connectivity index (χ0) is 24.9. The van der Waals surface area contributed by atoms with Gasteiger partial charge in [-0.1, -0.05) is 95.2 Å². The van der Waals surface area contributed by atoms with Crippen LogP contribution < -0.4 is 9.78 Å². The minimum atomic E-state index is -0.0642. The summed E-state index contributed by atoms with van der Waals surface area (Å²) in [5.41, 5.74) is 7.47. The van der Waals surface area contributed by atoms with Crippen LogP contribution >= 0.6 is 0 Å². The van der Waals surface area contributed by atoms with Gasteiger partial charge in [0.2, 0.25) is 0 Å². The third-order valence-corrected chi connectivity index (χ3v) is 6.11. The van der Waals surface area contributed by atoms with Gasteiger partial charge in [0.25, 0.3) is 0 Å². The van der Waals surface area contributed by atoms with Gasteiger partial charge in [-0.3, -0.25) is 9.78 Å². The van der Waals surface area contributed by atoms with Gasteiger partial charge < -0.3 is 0 Å². The summed E-state index contributed by atoms with van der Waals surface area (Å²) < 4.78 is 0. The fraction of sp³-hybridized carbons (Fsp3) is 0.600. The molecule has 0 bridgehead atoms. The molecule has 0 radical (unpaired) electrons. The van der Waals surface area contributed by atoms with E-state index in [-0.39, 0.29) is 21.7 Å². The van der Waals surface area contributed by atoms with E-state index in [0.717, 1.165) is 22.6 Å². The largest absolute Gasteiger partial charge is 0.290 e. The van der Waals surface area contributed by atoms with Gasteiger partial charge in [0.05, 0.1) is 0 Å². The summed E-state index contributed by atoms with van der Waals surface area (Å²) >= 11 is 0. The van der Waals surface area contributed by atoms with Crippen LogP contribution in [-0.4, -0.2) is 0 Å². The quantitative estimate of drug-likeness (QED) is 0.352. The summed E-state index contributed by atoms with van der Waals surface area (Å²) in [5.74, 6) is 1.58. The molecule has 0 spiro atoms. The van der Waals surface area contributed by atoms with Crippen molar-refractivity contribution >= 4 is 0 Å². The van der Waals surface area contributed by atoms with E-state index >= 15 is 0 Å². The van der Waals surface area contributed by atoms with Gasteiger partial charge in [-0.15, -0.1) is 0 Å². The SMILES string of the molecule is Cc1cc(OOc2cc(C)c(C(C)(C)C)cc2C(C)(C)C)c(C(C)(C)C)cc1C(C)(C)C. The average molecular weight is 439 g/mol. The van der Waals surface area contributed by atoms with Gasteiger partial charge >= 0.3 is 0 Å². The third kappa shape index (κ3) is 5.88. The molecule has 0 atom stereocenters. The lowest BCUT2D eigenvalue weighted by Gasteiger charge is -2.30. The highest BCUT2D eigenvalue weighted by molar-refractivity contribution is 5.49. The Morgan fingerprint density at radius 2 is 0.656 bits per heavy atom. The van der Waals surface area contributed by atoms with Crippen molar-refractivity contribution in [2.45, 2.75) is 119 Å². The van der Waals surface area contributed by atoms with Crippen LogP contribution in [-0.2, 0) is 21.7 Å². The van der Waals surface area contributed by atoms with Crippen molar-refractivity contribution in [3.8, 4) is 11.5 Å². The van der Waals surface area contributed by atoms with Crippen LogP contribution in [0.4, 0.5) is 0 Å². The first kappa shape index (κ1) is 26.3. The number of benzene rings is 2. The maximum Gasteiger partial charge on any atom is 0.182 e. The molecule has 0 aromatic heterocycles. The molecule has 0 saturated carbocycles. The lowest BCUT2D eigenvalue weighted by molar-refractivity contribution is -0.103. The molecular weight excluding hydrogens is 392 g/mol. The Hall–Kier alpha value is -1.96. The Balaban J connectivity index is 2.57. The summed E-state index contributed by atoms with van der Waals surface area (Å²) in [4.78, 5) is 12.2. The molecule has 0 aliphatic carbocycles. The van der Waals surface area contributed by atoms with Crippen molar-refractivity contribution in [3.05, 3.63) is 57.6 Å². The zero-order valence-corrected chi connectivity index (χ0v) is 23.1. The summed E-state index contributed by atoms with van der Waals surface area (Å²) in [7, 11) is 0. The Labute approximate surface area is 197 Å². The molecule has 0 unspecified atom stereocenters. The van der Waals surface area contributed by atoms with Crippen molar-refractivity contribution in [1.29, 1.82) is 0 Å². The molecular formula is C30H46O2. The normalized spacial score (nSPS) is 13.3. The summed E-state index contributed by atoms with van der Waals surface area (Å²) in [6, 6.07) is 8.86. The monoisotopic (exact) mass is 438 g/mol. The molecule has 32 heavy (non-hydrogen) atoms. The smallest absolute Gasteiger partial charge is 0.182 e. The fourth-order valence-corrected chi connectivity index (χ4v) is 4.38. The molecule has 0 saturated heterocycles. The number of hydrogen-bond donors (Lipinski definition) is 0. The van der Waals surface area contributed by atoms with Crippen LogP contribution in [0, 0.1) is 13.8 Å². The molecule has 0 amide bonds. The average Bonchev–Trinajstić information content (AvgIpc) is 2.55. The van der Waals surface area contributed by atoms with E-state index in [4.69, 9.17) is 9.78 Å². The fourth-order valence-electron chi connectivity index (χ4n) is 4.38. The Morgan fingerprint density at radius 1 is 0.406 bits per heavy atom. The number of hydrogen-bond acceptors (Lipinski definition) is 2. The van der Waals surface area contributed by atoms with Crippen molar-refractivity contribution in [3.63, 3.8) is 0 Å². The lowest BCUT2D eigenvalue weighted by atomic mass is 9.78. The van der Waals surface area contributed by atoms with E-state index in [0.29, 0.717) is 0 Å². The Kier molecular flexibility index (Phi) is 6.93. The third-order valence-electron chi connectivity index (χ3n) is 6.11. The van der Waals surface area contributed by atoms with Gasteiger partial charge in [0.1, 0.15) is 0 Å². The first-order chi connectivity index (χ1) is 14.2. The summed E-state index contributed by atoms with van der Waals surface area (Å²) in [6.45, 7) is 31.2. The number of aryl methyl sites for hydroxylation is 2. The van der Waals surface area contributed by atoms with Crippen LogP contribution in [0.5, 0.6) is 11.5 Å². The molecule has 2 heteroatoms. The molecule has 0 aliphatic rings. The van der Waals surface area contributed by atoms with Gasteiger partial charge in [-0.2, -0.15) is 0 Å². The van der Waals surface area contributed by atoms with Crippen molar-refractivity contribution in [2.24, 2.45) is 0 Å². The Morgan fingerprint density at radius 3 is 0.875 bits per heavy atom. The lowest BCUT2D eigenvalue weighted by Crippen LogP contribution is -2.21. The van der Waals surface area contributed by atoms with Crippen molar-refractivity contribution < 1.29 is 9.78 Å². The highest BCUT2D eigenvalue weighted by Crippen LogP contribution is 2.40. The maximum absolute atomic E-state index is 6.11. The van der Waals surface area contributed by atoms with Gasteiger partial charge in [-0.25, -0.2) is 0 Å². The molecule has 2 aromatic rings. The molecule has 0 fully saturated rings. The van der Waals surface area contributed by atoms with Crippen LogP contribution in [0.2, 0.25) is 0 Å². The molecule has 0 aliphatic heterocycles. The van der Waals surface area contributed by atoms with E-state index < -0.39 is 0 Å². The predicted molar refractivity (Wildman–Crippen MR) is 138 cm³/mol. The minimum absolute atomic E-state index is 0.0642. The highest BCUT2D eigenvalue weighted by Gasteiger charge is 2.28. The van der Waals surface area contributed by atoms with E-state index in [1.165, 1.54) is 22.3 Å². The van der Waals surface area contributed by atoms with E-state index in [1.54, 1.807) is 0 Å². The molecule has 0 N–H and O–H groups in total. The Bertz CT molecular complexity index is 887. The van der Waals surface area contributed by atoms with Crippen LogP contribution in [0.1, 0.15) is 116 Å². The topological polar surface area (TPSA) is 18.5 Å². The van der Waals surface area contributed by atoms with Crippen molar-refractivity contribution in [1.82, 2.24) is 0 Å². The van der Waals surface area contributed by atoms with E-state index in [9.17, 15) is 0 Å². The second kappa shape index (κ2) is 8.43. The number of rotatable bonds is 3. The summed E-state index contributed by atoms with van der Waals surface area (Å²) in [6.07, 6.45) is 0. The first-order valence-electron chi connectivity index (χ1n) is 11.9. The first-order valence-corrected chi connectivity index (χ1v) is 11.9. The van der Waals surface area contributed by atoms with Gasteiger partial charge in [0.15, 0.2) is 11.5 Å². The predicted octanol–water partition coefficient (Wildman–Crippen LogP) is 8.87. The van der Waals surface area contributed by atoms with E-state index in [2.05, 4.69) is 121 Å². The molecule has 2 nitrogen and oxygen atoms in total. The van der Waals surface area contributed by atoms with Crippen LogP contribution in [0.25, 0.3) is 0 Å². The minimum Gasteiger partial charge on any atom is -0.290 e. The van der Waals surface area contributed by atoms with Crippen LogP contribution in [0.3, 0.4) is 0 Å². The zero-order valence-electron chi connectivity index (χ0n) is 23.1. The van der Waals surface area contributed by atoms with Crippen molar-refractivity contribution in [2.75, 3.05) is 0 Å². The molecule has 2 rings (SSSR count). The maximum atomic E-state index is 6.11. The second-order valence-electron chi connectivity index (χ2n) is 13.5. The van der Waals surface area contributed by atoms with E-state index in [1.807, 2.05) is 0 Å². The summed E-state index contributed by atoms with van der Waals surface area (Å²) in [5, 5.41) is 0.